The molecule has 19 heavy (non-hydrogen) atoms. The van der Waals surface area contributed by atoms with Gasteiger partial charge >= 0.3 is 0 Å². The number of rotatable bonds is 3. The van der Waals surface area contributed by atoms with Crippen molar-refractivity contribution in [3.05, 3.63) is 67.6 Å². The molecule has 3 heteroatoms. The second kappa shape index (κ2) is 6.21. The highest BCUT2D eigenvalue weighted by Crippen LogP contribution is 2.28. The number of hydrogen-bond acceptors (Lipinski definition) is 1. The lowest BCUT2D eigenvalue weighted by molar-refractivity contribution is 0.717. The Labute approximate surface area is 131 Å². The average Bonchev–Trinajstić information content (AvgIpc) is 2.26. The minimum atomic E-state index is 0.00340. The summed E-state index contributed by atoms with van der Waals surface area (Å²) >= 11 is 7.04. The van der Waals surface area contributed by atoms with E-state index in [0.717, 1.165) is 20.9 Å². The first-order valence-electron chi connectivity index (χ1n) is 6.23. The van der Waals surface area contributed by atoms with Crippen molar-refractivity contribution < 1.29 is 0 Å². The fourth-order valence-corrected chi connectivity index (χ4v) is 3.69. The van der Waals surface area contributed by atoms with Gasteiger partial charge in [0.05, 0.1) is 0 Å². The smallest absolute Gasteiger partial charge is 0.0347 e. The van der Waals surface area contributed by atoms with E-state index in [-0.39, 0.29) is 6.04 Å². The summed E-state index contributed by atoms with van der Waals surface area (Å²) < 4.78 is 2.11. The van der Waals surface area contributed by atoms with Crippen LogP contribution < -0.4 is 5.73 Å². The molecule has 0 radical (unpaired) electrons. The van der Waals surface area contributed by atoms with Crippen molar-refractivity contribution in [3.8, 4) is 0 Å². The van der Waals surface area contributed by atoms with E-state index in [2.05, 4.69) is 70.0 Å². The van der Waals surface area contributed by atoms with Gasteiger partial charge in [0.15, 0.2) is 0 Å². The molecular formula is C16H17Br2N. The van der Waals surface area contributed by atoms with Gasteiger partial charge in [-0.05, 0) is 43.5 Å². The normalized spacial score (nSPS) is 12.5. The largest absolute Gasteiger partial charge is 0.324 e. The molecule has 100 valence electrons. The third kappa shape index (κ3) is 3.91. The molecule has 1 nitrogen and oxygen atoms in total. The Kier molecular flexibility index (Phi) is 4.82. The van der Waals surface area contributed by atoms with Crippen molar-refractivity contribution in [1.82, 2.24) is 0 Å². The summed E-state index contributed by atoms with van der Waals surface area (Å²) in [6.45, 7) is 4.25. The number of nitrogens with two attached hydrogens (primary N) is 1. The molecule has 0 aliphatic rings. The highest BCUT2D eigenvalue weighted by molar-refractivity contribution is 9.11. The molecule has 0 aliphatic carbocycles. The molecule has 2 aromatic rings. The van der Waals surface area contributed by atoms with E-state index in [4.69, 9.17) is 5.73 Å². The summed E-state index contributed by atoms with van der Waals surface area (Å²) in [4.78, 5) is 0. The lowest BCUT2D eigenvalue weighted by atomic mass is 9.97. The molecule has 0 spiro atoms. The molecule has 2 rings (SSSR count). The Balaban J connectivity index is 2.22. The third-order valence-corrected chi connectivity index (χ3v) is 4.28. The van der Waals surface area contributed by atoms with Crippen molar-refractivity contribution >= 4 is 31.9 Å². The fourth-order valence-electron chi connectivity index (χ4n) is 2.35. The van der Waals surface area contributed by atoms with Crippen LogP contribution in [0.3, 0.4) is 0 Å². The van der Waals surface area contributed by atoms with Crippen molar-refractivity contribution in [3.63, 3.8) is 0 Å². The van der Waals surface area contributed by atoms with Crippen LogP contribution in [0.15, 0.2) is 45.3 Å². The average molecular weight is 383 g/mol. The maximum absolute atomic E-state index is 6.33. The molecule has 2 N–H and O–H groups in total. The monoisotopic (exact) mass is 381 g/mol. The summed E-state index contributed by atoms with van der Waals surface area (Å²) in [5, 5.41) is 0. The fraction of sp³-hybridized carbons (Fsp3) is 0.250. The first kappa shape index (κ1) is 14.8. The lowest BCUT2D eigenvalue weighted by Crippen LogP contribution is -2.14. The second-order valence-electron chi connectivity index (χ2n) is 4.97. The van der Waals surface area contributed by atoms with Gasteiger partial charge in [0.1, 0.15) is 0 Å². The second-order valence-corrected chi connectivity index (χ2v) is 6.74. The third-order valence-electron chi connectivity index (χ3n) is 3.10. The van der Waals surface area contributed by atoms with Gasteiger partial charge in [-0.1, -0.05) is 67.3 Å². The predicted molar refractivity (Wildman–Crippen MR) is 88.4 cm³/mol. The van der Waals surface area contributed by atoms with Crippen LogP contribution in [0.25, 0.3) is 0 Å². The first-order chi connectivity index (χ1) is 8.95. The molecule has 1 unspecified atom stereocenters. The van der Waals surface area contributed by atoms with Gasteiger partial charge in [0, 0.05) is 15.0 Å². The Hall–Kier alpha value is -0.640. The Morgan fingerprint density at radius 1 is 1.00 bits per heavy atom. The highest BCUT2D eigenvalue weighted by atomic mass is 79.9. The molecule has 0 aliphatic heterocycles. The quantitative estimate of drug-likeness (QED) is 0.787. The Morgan fingerprint density at radius 3 is 2.21 bits per heavy atom. The summed E-state index contributed by atoms with van der Waals surface area (Å²) in [6.07, 6.45) is 0.850. The van der Waals surface area contributed by atoms with E-state index in [1.165, 1.54) is 16.7 Å². The van der Waals surface area contributed by atoms with Crippen molar-refractivity contribution in [2.75, 3.05) is 0 Å². The number of hydrogen-bond donors (Lipinski definition) is 1. The Morgan fingerprint density at radius 2 is 1.63 bits per heavy atom. The Bertz CT molecular complexity index is 573. The van der Waals surface area contributed by atoms with Crippen molar-refractivity contribution in [1.29, 1.82) is 0 Å². The molecule has 0 heterocycles. The van der Waals surface area contributed by atoms with E-state index in [0.29, 0.717) is 0 Å². The molecule has 0 saturated heterocycles. The van der Waals surface area contributed by atoms with Gasteiger partial charge < -0.3 is 5.73 Å². The number of benzene rings is 2. The molecule has 0 amide bonds. The molecule has 0 aromatic heterocycles. The van der Waals surface area contributed by atoms with Crippen LogP contribution in [0, 0.1) is 13.8 Å². The lowest BCUT2D eigenvalue weighted by Gasteiger charge is -2.15. The van der Waals surface area contributed by atoms with Crippen LogP contribution in [-0.4, -0.2) is 0 Å². The molecule has 0 fully saturated rings. The molecule has 1 atom stereocenters. The zero-order valence-electron chi connectivity index (χ0n) is 11.1. The SMILES string of the molecule is Cc1cc(C)cc(CC(N)c2ccc(Br)cc2Br)c1. The van der Waals surface area contributed by atoms with Gasteiger partial charge in [-0.3, -0.25) is 0 Å². The molecule has 0 bridgehead atoms. The summed E-state index contributed by atoms with van der Waals surface area (Å²) in [5.74, 6) is 0. The number of halogens is 2. The van der Waals surface area contributed by atoms with Crippen molar-refractivity contribution in [2.45, 2.75) is 26.3 Å². The van der Waals surface area contributed by atoms with Crippen LogP contribution in [0.5, 0.6) is 0 Å². The zero-order chi connectivity index (χ0) is 14.0. The maximum atomic E-state index is 6.33. The molecule has 0 saturated carbocycles. The minimum Gasteiger partial charge on any atom is -0.324 e. The highest BCUT2D eigenvalue weighted by Gasteiger charge is 2.11. The van der Waals surface area contributed by atoms with E-state index in [9.17, 15) is 0 Å². The van der Waals surface area contributed by atoms with Crippen LogP contribution in [0.4, 0.5) is 0 Å². The number of aryl methyl sites for hydroxylation is 2. The van der Waals surface area contributed by atoms with E-state index in [1.807, 2.05) is 12.1 Å². The standard InChI is InChI=1S/C16H17Br2N/c1-10-5-11(2)7-12(6-10)8-16(19)14-4-3-13(17)9-15(14)18/h3-7,9,16H,8,19H2,1-2H3. The van der Waals surface area contributed by atoms with Gasteiger partial charge in [0.2, 0.25) is 0 Å². The molecular weight excluding hydrogens is 366 g/mol. The van der Waals surface area contributed by atoms with E-state index in [1.54, 1.807) is 0 Å². The van der Waals surface area contributed by atoms with Crippen LogP contribution >= 0.6 is 31.9 Å². The topological polar surface area (TPSA) is 26.0 Å². The van der Waals surface area contributed by atoms with Gasteiger partial charge in [-0.15, -0.1) is 0 Å². The maximum Gasteiger partial charge on any atom is 0.0347 e. The van der Waals surface area contributed by atoms with E-state index < -0.39 is 0 Å². The van der Waals surface area contributed by atoms with Gasteiger partial charge in [0.25, 0.3) is 0 Å². The van der Waals surface area contributed by atoms with Crippen LogP contribution in [-0.2, 0) is 6.42 Å². The summed E-state index contributed by atoms with van der Waals surface area (Å²) in [6, 6.07) is 12.7. The zero-order valence-corrected chi connectivity index (χ0v) is 14.3. The minimum absolute atomic E-state index is 0.00340. The first-order valence-corrected chi connectivity index (χ1v) is 7.82. The molecule has 2 aromatic carbocycles. The van der Waals surface area contributed by atoms with E-state index >= 15 is 0 Å². The van der Waals surface area contributed by atoms with Crippen LogP contribution in [0.2, 0.25) is 0 Å². The van der Waals surface area contributed by atoms with Crippen molar-refractivity contribution in [2.24, 2.45) is 5.73 Å². The summed E-state index contributed by atoms with van der Waals surface area (Å²) in [7, 11) is 0. The predicted octanol–water partition coefficient (Wildman–Crippen LogP) is 5.07. The van der Waals surface area contributed by atoms with Gasteiger partial charge in [-0.25, -0.2) is 0 Å². The van der Waals surface area contributed by atoms with Crippen LogP contribution in [0.1, 0.15) is 28.3 Å². The van der Waals surface area contributed by atoms with Gasteiger partial charge in [-0.2, -0.15) is 0 Å². The summed E-state index contributed by atoms with van der Waals surface area (Å²) in [5.41, 5.74) is 11.3.